The van der Waals surface area contributed by atoms with E-state index < -0.39 is 5.97 Å². The van der Waals surface area contributed by atoms with Gasteiger partial charge in [0.1, 0.15) is 0 Å². The summed E-state index contributed by atoms with van der Waals surface area (Å²) in [5.41, 5.74) is 4.10. The quantitative estimate of drug-likeness (QED) is 0.821. The summed E-state index contributed by atoms with van der Waals surface area (Å²) < 4.78 is 0. The van der Waals surface area contributed by atoms with Crippen molar-refractivity contribution in [3.05, 3.63) is 69.6 Å². The second kappa shape index (κ2) is 6.94. The van der Waals surface area contributed by atoms with Crippen LogP contribution in [0.4, 0.5) is 5.69 Å². The van der Waals surface area contributed by atoms with E-state index in [0.29, 0.717) is 10.1 Å². The minimum atomic E-state index is -0.977. The molecule has 1 heterocycles. The molecule has 1 aliphatic rings. The maximum absolute atomic E-state index is 12.1. The Morgan fingerprint density at radius 3 is 2.48 bits per heavy atom. The van der Waals surface area contributed by atoms with Gasteiger partial charge in [-0.25, -0.2) is 9.79 Å². The number of nitrogens with zero attached hydrogens (tertiary/aromatic N) is 1. The lowest BCUT2D eigenvalue weighted by atomic mass is 10.1. The second-order valence-electron chi connectivity index (χ2n) is 5.68. The summed E-state index contributed by atoms with van der Waals surface area (Å²) >= 11 is 1.26. The van der Waals surface area contributed by atoms with Gasteiger partial charge in [0.25, 0.3) is 5.91 Å². The number of rotatable bonds is 3. The minimum absolute atomic E-state index is 0.211. The van der Waals surface area contributed by atoms with Crippen molar-refractivity contribution < 1.29 is 14.7 Å². The Morgan fingerprint density at radius 1 is 1.12 bits per heavy atom. The SMILES string of the molecule is Cc1ccc(N=C2NC(=O)/C(=C/c3ccc(C(=O)O)cc3)S2)cc1C. The largest absolute Gasteiger partial charge is 0.478 e. The van der Waals surface area contributed by atoms with Gasteiger partial charge in [0.15, 0.2) is 5.17 Å². The van der Waals surface area contributed by atoms with Gasteiger partial charge in [-0.2, -0.15) is 0 Å². The van der Waals surface area contributed by atoms with Crippen LogP contribution in [-0.4, -0.2) is 22.2 Å². The van der Waals surface area contributed by atoms with Crippen molar-refractivity contribution in [2.45, 2.75) is 13.8 Å². The molecule has 0 atom stereocenters. The molecule has 2 aromatic carbocycles. The van der Waals surface area contributed by atoms with Crippen LogP contribution in [0.25, 0.3) is 6.08 Å². The van der Waals surface area contributed by atoms with Gasteiger partial charge in [0.05, 0.1) is 16.2 Å². The highest BCUT2D eigenvalue weighted by Gasteiger charge is 2.23. The number of carboxylic acids is 1. The zero-order valence-corrected chi connectivity index (χ0v) is 14.6. The first-order valence-corrected chi connectivity index (χ1v) is 8.44. The highest BCUT2D eigenvalue weighted by molar-refractivity contribution is 8.18. The van der Waals surface area contributed by atoms with Crippen LogP contribution in [0.1, 0.15) is 27.0 Å². The van der Waals surface area contributed by atoms with Crippen LogP contribution in [0.3, 0.4) is 0 Å². The van der Waals surface area contributed by atoms with Gasteiger partial charge in [-0.05, 0) is 72.6 Å². The van der Waals surface area contributed by atoms with E-state index >= 15 is 0 Å². The molecule has 0 aliphatic carbocycles. The molecule has 126 valence electrons. The lowest BCUT2D eigenvalue weighted by Crippen LogP contribution is -2.19. The Morgan fingerprint density at radius 2 is 1.84 bits per heavy atom. The topological polar surface area (TPSA) is 78.8 Å². The fourth-order valence-corrected chi connectivity index (χ4v) is 3.11. The third-order valence-electron chi connectivity index (χ3n) is 3.83. The Kier molecular flexibility index (Phi) is 4.72. The standard InChI is InChI=1S/C19H16N2O3S/c1-11-3-8-15(9-12(11)2)20-19-21-17(22)16(25-19)10-13-4-6-14(7-5-13)18(23)24/h3-10H,1-2H3,(H,23,24)(H,20,21,22)/b16-10-. The number of aryl methyl sites for hydroxylation is 2. The average molecular weight is 352 g/mol. The number of benzene rings is 2. The van der Waals surface area contributed by atoms with E-state index in [1.54, 1.807) is 18.2 Å². The van der Waals surface area contributed by atoms with Crippen molar-refractivity contribution >= 4 is 40.6 Å². The van der Waals surface area contributed by atoms with Crippen molar-refractivity contribution in [2.75, 3.05) is 0 Å². The van der Waals surface area contributed by atoms with Crippen LogP contribution in [0.5, 0.6) is 0 Å². The molecule has 0 aromatic heterocycles. The normalized spacial score (nSPS) is 17.1. The molecule has 0 bridgehead atoms. The van der Waals surface area contributed by atoms with E-state index in [9.17, 15) is 9.59 Å². The lowest BCUT2D eigenvalue weighted by molar-refractivity contribution is -0.115. The summed E-state index contributed by atoms with van der Waals surface area (Å²) in [4.78, 5) is 28.0. The fraction of sp³-hybridized carbons (Fsp3) is 0.105. The van der Waals surface area contributed by atoms with Gasteiger partial charge < -0.3 is 10.4 Å². The zero-order valence-electron chi connectivity index (χ0n) is 13.7. The summed E-state index contributed by atoms with van der Waals surface area (Å²) in [6.45, 7) is 4.06. The molecular formula is C19H16N2O3S. The number of carbonyl (C=O) groups excluding carboxylic acids is 1. The number of aliphatic imine (C=N–C) groups is 1. The number of carbonyl (C=O) groups is 2. The molecule has 0 unspecified atom stereocenters. The molecule has 0 spiro atoms. The predicted octanol–water partition coefficient (Wildman–Crippen LogP) is 3.89. The number of hydrogen-bond donors (Lipinski definition) is 2. The molecule has 1 saturated heterocycles. The average Bonchev–Trinajstić information content (AvgIpc) is 2.91. The third-order valence-corrected chi connectivity index (χ3v) is 4.74. The predicted molar refractivity (Wildman–Crippen MR) is 100 cm³/mol. The summed E-state index contributed by atoms with van der Waals surface area (Å²) in [5, 5.41) is 12.2. The van der Waals surface area contributed by atoms with Crippen LogP contribution < -0.4 is 5.32 Å². The second-order valence-corrected chi connectivity index (χ2v) is 6.71. The van der Waals surface area contributed by atoms with Crippen molar-refractivity contribution in [1.29, 1.82) is 0 Å². The first-order chi connectivity index (χ1) is 11.9. The molecule has 2 aromatic rings. The van der Waals surface area contributed by atoms with E-state index in [4.69, 9.17) is 5.11 Å². The molecule has 6 heteroatoms. The third kappa shape index (κ3) is 3.97. The molecule has 1 fully saturated rings. The van der Waals surface area contributed by atoms with Gasteiger partial charge in [0, 0.05) is 0 Å². The molecule has 1 aliphatic heterocycles. The number of amidine groups is 1. The zero-order chi connectivity index (χ0) is 18.0. The Labute approximate surface area is 149 Å². The summed E-state index contributed by atoms with van der Waals surface area (Å²) in [7, 11) is 0. The monoisotopic (exact) mass is 352 g/mol. The van der Waals surface area contributed by atoms with Crippen LogP contribution in [0.2, 0.25) is 0 Å². The van der Waals surface area contributed by atoms with Crippen molar-refractivity contribution in [2.24, 2.45) is 4.99 Å². The van der Waals surface area contributed by atoms with Gasteiger partial charge >= 0.3 is 5.97 Å². The van der Waals surface area contributed by atoms with Crippen molar-refractivity contribution in [3.8, 4) is 0 Å². The highest BCUT2D eigenvalue weighted by Crippen LogP contribution is 2.28. The summed E-state index contributed by atoms with van der Waals surface area (Å²) in [6.07, 6.45) is 1.72. The summed E-state index contributed by atoms with van der Waals surface area (Å²) in [5.74, 6) is -1.19. The van der Waals surface area contributed by atoms with Crippen molar-refractivity contribution in [3.63, 3.8) is 0 Å². The molecule has 3 rings (SSSR count). The van der Waals surface area contributed by atoms with Gasteiger partial charge in [-0.15, -0.1) is 0 Å². The first-order valence-electron chi connectivity index (χ1n) is 7.62. The molecule has 1 amide bonds. The van der Waals surface area contributed by atoms with Crippen LogP contribution in [-0.2, 0) is 4.79 Å². The van der Waals surface area contributed by atoms with E-state index in [1.807, 2.05) is 32.0 Å². The number of aromatic carboxylic acids is 1. The molecule has 2 N–H and O–H groups in total. The highest BCUT2D eigenvalue weighted by atomic mass is 32.2. The van der Waals surface area contributed by atoms with Crippen LogP contribution >= 0.6 is 11.8 Å². The van der Waals surface area contributed by atoms with Crippen molar-refractivity contribution in [1.82, 2.24) is 5.32 Å². The molecule has 5 nitrogen and oxygen atoms in total. The summed E-state index contributed by atoms with van der Waals surface area (Å²) in [6, 6.07) is 12.2. The number of carboxylic acid groups (broad SMARTS) is 1. The first kappa shape index (κ1) is 17.0. The molecule has 0 saturated carbocycles. The lowest BCUT2D eigenvalue weighted by Gasteiger charge is -2.01. The van der Waals surface area contributed by atoms with Crippen LogP contribution in [0.15, 0.2) is 52.4 Å². The van der Waals surface area contributed by atoms with E-state index in [-0.39, 0.29) is 11.5 Å². The number of amides is 1. The Bertz CT molecular complexity index is 915. The van der Waals surface area contributed by atoms with Gasteiger partial charge in [-0.1, -0.05) is 18.2 Å². The maximum Gasteiger partial charge on any atom is 0.335 e. The van der Waals surface area contributed by atoms with Gasteiger partial charge in [-0.3, -0.25) is 4.79 Å². The number of thioether (sulfide) groups is 1. The molecule has 25 heavy (non-hydrogen) atoms. The van der Waals surface area contributed by atoms with E-state index in [2.05, 4.69) is 10.3 Å². The molecule has 0 radical (unpaired) electrons. The Hall–Kier alpha value is -2.86. The van der Waals surface area contributed by atoms with Crippen LogP contribution in [0, 0.1) is 13.8 Å². The number of hydrogen-bond acceptors (Lipinski definition) is 4. The minimum Gasteiger partial charge on any atom is -0.478 e. The number of nitrogens with one attached hydrogen (secondary N) is 1. The van der Waals surface area contributed by atoms with E-state index in [1.165, 1.54) is 29.5 Å². The molecular weight excluding hydrogens is 336 g/mol. The van der Waals surface area contributed by atoms with E-state index in [0.717, 1.165) is 16.8 Å². The maximum atomic E-state index is 12.1. The fourth-order valence-electron chi connectivity index (χ4n) is 2.27. The van der Waals surface area contributed by atoms with Gasteiger partial charge in [0.2, 0.25) is 0 Å². The Balaban J connectivity index is 1.80. The smallest absolute Gasteiger partial charge is 0.335 e.